The largest absolute Gasteiger partial charge is 0.493 e. The van der Waals surface area contributed by atoms with E-state index in [1.54, 1.807) is 42.5 Å². The van der Waals surface area contributed by atoms with E-state index in [-0.39, 0.29) is 11.8 Å². The van der Waals surface area contributed by atoms with Gasteiger partial charge in [-0.25, -0.2) is 0 Å². The van der Waals surface area contributed by atoms with Crippen LogP contribution >= 0.6 is 0 Å². The van der Waals surface area contributed by atoms with E-state index in [0.717, 1.165) is 6.42 Å². The highest BCUT2D eigenvalue weighted by atomic mass is 16.5. The van der Waals surface area contributed by atoms with Crippen LogP contribution in [-0.4, -0.2) is 25.5 Å². The number of rotatable bonds is 8. The summed E-state index contributed by atoms with van der Waals surface area (Å²) in [6, 6.07) is 12.1. The normalized spacial score (nSPS) is 10.1. The van der Waals surface area contributed by atoms with Gasteiger partial charge in [-0.2, -0.15) is 0 Å². The van der Waals surface area contributed by atoms with E-state index in [9.17, 15) is 9.59 Å². The van der Waals surface area contributed by atoms with Gasteiger partial charge in [0.05, 0.1) is 13.7 Å². The molecule has 2 rings (SSSR count). The SMILES string of the molecule is CCCC(=O)Nc1cccc(NC(=O)c2ccc(OCC)c(OC)c2)c1. The molecule has 2 aromatic rings. The van der Waals surface area contributed by atoms with Gasteiger partial charge >= 0.3 is 0 Å². The number of amides is 2. The molecule has 0 aromatic heterocycles. The quantitative estimate of drug-likeness (QED) is 0.747. The molecule has 0 bridgehead atoms. The average molecular weight is 356 g/mol. The second kappa shape index (κ2) is 9.46. The van der Waals surface area contributed by atoms with E-state index < -0.39 is 0 Å². The molecule has 6 heteroatoms. The van der Waals surface area contributed by atoms with Gasteiger partial charge in [-0.1, -0.05) is 13.0 Å². The zero-order chi connectivity index (χ0) is 18.9. The number of hydrogen-bond donors (Lipinski definition) is 2. The highest BCUT2D eigenvalue weighted by molar-refractivity contribution is 6.05. The summed E-state index contributed by atoms with van der Waals surface area (Å²) in [7, 11) is 1.53. The van der Waals surface area contributed by atoms with Crippen LogP contribution in [0.2, 0.25) is 0 Å². The standard InChI is InChI=1S/C20H24N2O4/c1-4-7-19(23)21-15-8-6-9-16(13-15)22-20(24)14-10-11-17(26-5-2)18(12-14)25-3/h6,8-13H,4-5,7H2,1-3H3,(H,21,23)(H,22,24). The van der Waals surface area contributed by atoms with Crippen molar-refractivity contribution in [3.63, 3.8) is 0 Å². The predicted octanol–water partition coefficient (Wildman–Crippen LogP) is 4.08. The molecule has 0 heterocycles. The van der Waals surface area contributed by atoms with Crippen LogP contribution in [0.15, 0.2) is 42.5 Å². The van der Waals surface area contributed by atoms with Crippen molar-refractivity contribution in [1.82, 2.24) is 0 Å². The van der Waals surface area contributed by atoms with Gasteiger partial charge in [-0.3, -0.25) is 9.59 Å². The molecule has 0 radical (unpaired) electrons. The maximum Gasteiger partial charge on any atom is 0.255 e. The first-order valence-corrected chi connectivity index (χ1v) is 8.59. The number of benzene rings is 2. The zero-order valence-electron chi connectivity index (χ0n) is 15.3. The van der Waals surface area contributed by atoms with Crippen molar-refractivity contribution in [3.8, 4) is 11.5 Å². The average Bonchev–Trinajstić information content (AvgIpc) is 2.62. The van der Waals surface area contributed by atoms with E-state index in [2.05, 4.69) is 10.6 Å². The fraction of sp³-hybridized carbons (Fsp3) is 0.300. The third kappa shape index (κ3) is 5.24. The topological polar surface area (TPSA) is 76.7 Å². The summed E-state index contributed by atoms with van der Waals surface area (Å²) in [5.74, 6) is 0.767. The fourth-order valence-electron chi connectivity index (χ4n) is 2.41. The van der Waals surface area contributed by atoms with E-state index in [1.165, 1.54) is 7.11 Å². The molecule has 26 heavy (non-hydrogen) atoms. The second-order valence-corrected chi connectivity index (χ2v) is 5.63. The molecule has 2 aromatic carbocycles. The molecule has 0 spiro atoms. The first-order chi connectivity index (χ1) is 12.6. The molecule has 2 N–H and O–H groups in total. The maximum atomic E-state index is 12.5. The Morgan fingerprint density at radius 2 is 1.69 bits per heavy atom. The summed E-state index contributed by atoms with van der Waals surface area (Å²) in [5, 5.41) is 5.63. The Kier molecular flexibility index (Phi) is 7.02. The van der Waals surface area contributed by atoms with Crippen LogP contribution in [0, 0.1) is 0 Å². The Morgan fingerprint density at radius 3 is 2.35 bits per heavy atom. The van der Waals surface area contributed by atoms with Crippen molar-refractivity contribution in [3.05, 3.63) is 48.0 Å². The number of methoxy groups -OCH3 is 1. The number of carbonyl (C=O) groups is 2. The molecule has 0 saturated heterocycles. The molecule has 0 unspecified atom stereocenters. The van der Waals surface area contributed by atoms with E-state index in [1.807, 2.05) is 13.8 Å². The number of ether oxygens (including phenoxy) is 2. The van der Waals surface area contributed by atoms with Gasteiger partial charge in [0.15, 0.2) is 11.5 Å². The molecular formula is C20H24N2O4. The van der Waals surface area contributed by atoms with Crippen molar-refractivity contribution >= 4 is 23.2 Å². The third-order valence-electron chi connectivity index (χ3n) is 3.61. The minimum absolute atomic E-state index is 0.0489. The Hall–Kier alpha value is -3.02. The van der Waals surface area contributed by atoms with Crippen molar-refractivity contribution in [1.29, 1.82) is 0 Å². The summed E-state index contributed by atoms with van der Waals surface area (Å²) in [5.41, 5.74) is 1.69. The lowest BCUT2D eigenvalue weighted by Crippen LogP contribution is -2.13. The highest BCUT2D eigenvalue weighted by Gasteiger charge is 2.12. The van der Waals surface area contributed by atoms with E-state index in [0.29, 0.717) is 41.5 Å². The number of carbonyl (C=O) groups excluding carboxylic acids is 2. The summed E-state index contributed by atoms with van der Waals surface area (Å²) >= 11 is 0. The fourth-order valence-corrected chi connectivity index (χ4v) is 2.41. The smallest absolute Gasteiger partial charge is 0.255 e. The molecule has 138 valence electrons. The van der Waals surface area contributed by atoms with Crippen LogP contribution in [0.1, 0.15) is 37.0 Å². The van der Waals surface area contributed by atoms with Crippen LogP contribution in [0.5, 0.6) is 11.5 Å². The molecule has 0 aliphatic carbocycles. The Morgan fingerprint density at radius 1 is 0.962 bits per heavy atom. The minimum atomic E-state index is -0.275. The van der Waals surface area contributed by atoms with Crippen molar-refractivity contribution in [2.24, 2.45) is 0 Å². The Balaban J connectivity index is 2.11. The van der Waals surface area contributed by atoms with Gasteiger partial charge in [-0.05, 0) is 49.7 Å². The molecular weight excluding hydrogens is 332 g/mol. The molecule has 0 aliphatic heterocycles. The third-order valence-corrected chi connectivity index (χ3v) is 3.61. The highest BCUT2D eigenvalue weighted by Crippen LogP contribution is 2.28. The van der Waals surface area contributed by atoms with Crippen LogP contribution in [0.25, 0.3) is 0 Å². The first kappa shape index (κ1) is 19.3. The summed E-state index contributed by atoms with van der Waals surface area (Å²) in [6.45, 7) is 4.34. The minimum Gasteiger partial charge on any atom is -0.493 e. The lowest BCUT2D eigenvalue weighted by atomic mass is 10.1. The molecule has 0 fully saturated rings. The van der Waals surface area contributed by atoms with Gasteiger partial charge in [0, 0.05) is 23.4 Å². The summed E-state index contributed by atoms with van der Waals surface area (Å²) in [4.78, 5) is 24.2. The number of hydrogen-bond acceptors (Lipinski definition) is 4. The summed E-state index contributed by atoms with van der Waals surface area (Å²) in [6.07, 6.45) is 1.24. The second-order valence-electron chi connectivity index (χ2n) is 5.63. The van der Waals surface area contributed by atoms with Crippen LogP contribution in [0.4, 0.5) is 11.4 Å². The zero-order valence-corrected chi connectivity index (χ0v) is 15.3. The molecule has 0 atom stereocenters. The number of nitrogens with one attached hydrogen (secondary N) is 2. The molecule has 0 aliphatic rings. The number of anilines is 2. The van der Waals surface area contributed by atoms with Crippen LogP contribution < -0.4 is 20.1 Å². The van der Waals surface area contributed by atoms with E-state index >= 15 is 0 Å². The molecule has 0 saturated carbocycles. The van der Waals surface area contributed by atoms with Crippen molar-refractivity contribution in [2.45, 2.75) is 26.7 Å². The van der Waals surface area contributed by atoms with Crippen molar-refractivity contribution < 1.29 is 19.1 Å². The van der Waals surface area contributed by atoms with Gasteiger partial charge in [-0.15, -0.1) is 0 Å². The first-order valence-electron chi connectivity index (χ1n) is 8.59. The summed E-state index contributed by atoms with van der Waals surface area (Å²) < 4.78 is 10.7. The van der Waals surface area contributed by atoms with E-state index in [4.69, 9.17) is 9.47 Å². The van der Waals surface area contributed by atoms with Crippen LogP contribution in [0.3, 0.4) is 0 Å². The lowest BCUT2D eigenvalue weighted by molar-refractivity contribution is -0.116. The monoisotopic (exact) mass is 356 g/mol. The van der Waals surface area contributed by atoms with Crippen molar-refractivity contribution in [2.75, 3.05) is 24.4 Å². The van der Waals surface area contributed by atoms with Gasteiger partial charge in [0.25, 0.3) is 5.91 Å². The molecule has 6 nitrogen and oxygen atoms in total. The predicted molar refractivity (Wildman–Crippen MR) is 102 cm³/mol. The lowest BCUT2D eigenvalue weighted by Gasteiger charge is -2.12. The maximum absolute atomic E-state index is 12.5. The van der Waals surface area contributed by atoms with Crippen LogP contribution in [-0.2, 0) is 4.79 Å². The van der Waals surface area contributed by atoms with Gasteiger partial charge in [0.1, 0.15) is 0 Å². The van der Waals surface area contributed by atoms with Gasteiger partial charge < -0.3 is 20.1 Å². The van der Waals surface area contributed by atoms with Gasteiger partial charge in [0.2, 0.25) is 5.91 Å². The molecule has 2 amide bonds. The Labute approximate surface area is 153 Å². The Bertz CT molecular complexity index is 774.